The Hall–Kier alpha value is -6.46. The van der Waals surface area contributed by atoms with Gasteiger partial charge in [-0.1, -0.05) is 13.0 Å². The van der Waals surface area contributed by atoms with E-state index in [0.717, 1.165) is 40.2 Å². The van der Waals surface area contributed by atoms with E-state index >= 15 is 0 Å². The maximum atomic E-state index is 13.2. The number of aryl methyl sites for hydroxylation is 1. The molecule has 284 valence electrons. The normalized spacial score (nSPS) is 15.4. The monoisotopic (exact) mass is 748 g/mol. The van der Waals surface area contributed by atoms with Crippen LogP contribution < -0.4 is 21.3 Å². The molecular weight excluding hydrogens is 708 g/mol. The van der Waals surface area contributed by atoms with Crippen molar-refractivity contribution in [3.63, 3.8) is 0 Å². The zero-order valence-electron chi connectivity index (χ0n) is 30.1. The molecule has 1 saturated heterocycles. The molecule has 5 aromatic rings. The summed E-state index contributed by atoms with van der Waals surface area (Å²) in [5.74, 6) is -2.04. The highest BCUT2D eigenvalue weighted by atomic mass is 16.5. The highest BCUT2D eigenvalue weighted by Crippen LogP contribution is 2.32. The van der Waals surface area contributed by atoms with Crippen molar-refractivity contribution in [1.82, 2.24) is 40.3 Å². The summed E-state index contributed by atoms with van der Waals surface area (Å²) >= 11 is 0. The minimum Gasteiger partial charge on any atom is -0.382 e. The summed E-state index contributed by atoms with van der Waals surface area (Å²) in [5, 5.41) is 16.7. The van der Waals surface area contributed by atoms with Gasteiger partial charge in [-0.25, -0.2) is 4.98 Å². The first-order valence-electron chi connectivity index (χ1n) is 18.1. The molecule has 0 aliphatic carbocycles. The second-order valence-electron chi connectivity index (χ2n) is 12.9. The van der Waals surface area contributed by atoms with Gasteiger partial charge < -0.3 is 30.4 Å². The number of aromatic nitrogens is 5. The van der Waals surface area contributed by atoms with Crippen molar-refractivity contribution in [3.8, 4) is 11.3 Å². The number of carbonyl (C=O) groups excluding carboxylic acids is 5. The number of aromatic amines is 1. The summed E-state index contributed by atoms with van der Waals surface area (Å²) in [6.07, 6.45) is 6.73. The number of imide groups is 2. The fourth-order valence-corrected chi connectivity index (χ4v) is 6.47. The van der Waals surface area contributed by atoms with Crippen LogP contribution in [0.5, 0.6) is 0 Å². The van der Waals surface area contributed by atoms with Gasteiger partial charge in [-0.15, -0.1) is 0 Å². The van der Waals surface area contributed by atoms with Gasteiger partial charge in [-0.05, 0) is 55.3 Å². The number of nitrogens with zero attached hydrogens (tertiary/aromatic N) is 5. The van der Waals surface area contributed by atoms with E-state index in [1.807, 2.05) is 23.1 Å². The standard InChI is InChI=1S/C38H40N10O7/c1-2-16-47-22-24(21-42-47)32-27-12-13-40-33(27)46-38(45-32)43-25-8-6-23(7-9-25)34(50)41-15-18-55-20-19-54-17-14-39-28-5-3-4-26-31(28)37(53)48(36(26)52)29-10-11-30(49)44-35(29)51/h3-9,12-13,21-22,29,39H,2,10-11,14-20H2,1H3,(H,41,50)(H,44,49,51)(H2,40,43,45,46). The van der Waals surface area contributed by atoms with Gasteiger partial charge in [-0.3, -0.25) is 38.9 Å². The first-order valence-corrected chi connectivity index (χ1v) is 18.1. The minimum absolute atomic E-state index is 0.0537. The highest BCUT2D eigenvalue weighted by Gasteiger charge is 2.45. The fourth-order valence-electron chi connectivity index (χ4n) is 6.47. The van der Waals surface area contributed by atoms with Gasteiger partial charge in [0.05, 0.1) is 49.4 Å². The Morgan fingerprint density at radius 1 is 0.945 bits per heavy atom. The summed E-state index contributed by atoms with van der Waals surface area (Å²) in [4.78, 5) is 76.3. The van der Waals surface area contributed by atoms with Gasteiger partial charge in [0.1, 0.15) is 11.7 Å². The first kappa shape index (κ1) is 36.9. The van der Waals surface area contributed by atoms with Crippen LogP contribution in [-0.4, -0.2) is 105 Å². The molecule has 55 heavy (non-hydrogen) atoms. The number of fused-ring (bicyclic) bond motifs is 2. The topological polar surface area (TPSA) is 215 Å². The molecule has 0 bridgehead atoms. The van der Waals surface area contributed by atoms with Crippen LogP contribution in [0.25, 0.3) is 22.3 Å². The number of nitrogens with one attached hydrogen (secondary N) is 5. The van der Waals surface area contributed by atoms with Gasteiger partial charge in [0.2, 0.25) is 17.8 Å². The number of amides is 5. The van der Waals surface area contributed by atoms with Crippen LogP contribution in [0, 0.1) is 0 Å². The maximum Gasteiger partial charge on any atom is 0.264 e. The molecule has 1 unspecified atom stereocenters. The Balaban J connectivity index is 0.801. The molecule has 2 aliphatic heterocycles. The maximum absolute atomic E-state index is 13.2. The van der Waals surface area contributed by atoms with Crippen LogP contribution in [0.4, 0.5) is 17.3 Å². The molecule has 0 radical (unpaired) electrons. The van der Waals surface area contributed by atoms with Crippen molar-refractivity contribution >= 4 is 57.9 Å². The lowest BCUT2D eigenvalue weighted by Crippen LogP contribution is -2.54. The first-order chi connectivity index (χ1) is 26.8. The number of rotatable bonds is 17. The fraction of sp³-hybridized carbons (Fsp3) is 0.316. The Kier molecular flexibility index (Phi) is 11.2. The number of hydrogen-bond acceptors (Lipinski definition) is 12. The summed E-state index contributed by atoms with van der Waals surface area (Å²) < 4.78 is 13.1. The summed E-state index contributed by atoms with van der Waals surface area (Å²) in [6, 6.07) is 12.8. The second kappa shape index (κ2) is 16.7. The number of hydrogen-bond donors (Lipinski definition) is 5. The van der Waals surface area contributed by atoms with Crippen LogP contribution >= 0.6 is 0 Å². The largest absolute Gasteiger partial charge is 0.382 e. The quantitative estimate of drug-likeness (QED) is 0.0685. The van der Waals surface area contributed by atoms with Gasteiger partial charge in [0.25, 0.3) is 17.7 Å². The Bertz CT molecular complexity index is 2230. The highest BCUT2D eigenvalue weighted by molar-refractivity contribution is 6.25. The van der Waals surface area contributed by atoms with Gasteiger partial charge in [-0.2, -0.15) is 10.1 Å². The molecule has 5 N–H and O–H groups in total. The van der Waals surface area contributed by atoms with Crippen molar-refractivity contribution in [3.05, 3.63) is 83.8 Å². The lowest BCUT2D eigenvalue weighted by molar-refractivity contribution is -0.136. The molecular formula is C38H40N10O7. The predicted octanol–water partition coefficient (Wildman–Crippen LogP) is 3.25. The lowest BCUT2D eigenvalue weighted by atomic mass is 10.0. The lowest BCUT2D eigenvalue weighted by Gasteiger charge is -2.27. The van der Waals surface area contributed by atoms with Crippen LogP contribution in [0.2, 0.25) is 0 Å². The van der Waals surface area contributed by atoms with Gasteiger partial charge in [0.15, 0.2) is 0 Å². The average Bonchev–Trinajstić information content (AvgIpc) is 3.91. The average molecular weight is 749 g/mol. The molecule has 17 nitrogen and oxygen atoms in total. The van der Waals surface area contributed by atoms with Gasteiger partial charge >= 0.3 is 0 Å². The zero-order chi connectivity index (χ0) is 38.3. The second-order valence-corrected chi connectivity index (χ2v) is 12.9. The molecule has 5 amide bonds. The molecule has 0 saturated carbocycles. The van der Waals surface area contributed by atoms with Crippen molar-refractivity contribution in [2.24, 2.45) is 0 Å². The van der Waals surface area contributed by atoms with E-state index in [1.165, 1.54) is 0 Å². The molecule has 3 aromatic heterocycles. The van der Waals surface area contributed by atoms with Crippen LogP contribution in [0.1, 0.15) is 57.3 Å². The zero-order valence-corrected chi connectivity index (χ0v) is 30.1. The predicted molar refractivity (Wildman–Crippen MR) is 201 cm³/mol. The van der Waals surface area contributed by atoms with Crippen LogP contribution in [-0.2, 0) is 25.6 Å². The van der Waals surface area contributed by atoms with E-state index in [9.17, 15) is 24.0 Å². The minimum atomic E-state index is -1.03. The van der Waals surface area contributed by atoms with Crippen molar-refractivity contribution in [1.29, 1.82) is 0 Å². The molecule has 1 fully saturated rings. The summed E-state index contributed by atoms with van der Waals surface area (Å²) in [7, 11) is 0. The Morgan fingerprint density at radius 2 is 1.75 bits per heavy atom. The molecule has 1 atom stereocenters. The van der Waals surface area contributed by atoms with Crippen molar-refractivity contribution in [2.45, 2.75) is 38.8 Å². The third-order valence-corrected chi connectivity index (χ3v) is 9.11. The Morgan fingerprint density at radius 3 is 2.53 bits per heavy atom. The van der Waals surface area contributed by atoms with Crippen LogP contribution in [0.3, 0.4) is 0 Å². The number of anilines is 3. The summed E-state index contributed by atoms with van der Waals surface area (Å²) in [6.45, 7) is 4.79. The van der Waals surface area contributed by atoms with E-state index in [2.05, 4.69) is 43.3 Å². The SMILES string of the molecule is CCCn1cc(-c2nc(Nc3ccc(C(=O)NCCOCCOCCNc4cccc5c4C(=O)N(C4CCC(=O)NC4=O)C5=O)cc3)nc3[nH]ccc23)cn1. The van der Waals surface area contributed by atoms with E-state index in [4.69, 9.17) is 14.5 Å². The molecule has 2 aromatic carbocycles. The number of piperidine rings is 1. The van der Waals surface area contributed by atoms with Crippen LogP contribution in [0.15, 0.2) is 67.1 Å². The van der Waals surface area contributed by atoms with E-state index in [-0.39, 0.29) is 29.9 Å². The molecule has 2 aliphatic rings. The van der Waals surface area contributed by atoms with E-state index in [0.29, 0.717) is 62.4 Å². The number of benzene rings is 2. The molecule has 0 spiro atoms. The number of H-pyrrole nitrogens is 1. The van der Waals surface area contributed by atoms with E-state index < -0.39 is 29.7 Å². The number of carbonyl (C=O) groups is 5. The van der Waals surface area contributed by atoms with Crippen molar-refractivity contribution < 1.29 is 33.4 Å². The third-order valence-electron chi connectivity index (χ3n) is 9.11. The van der Waals surface area contributed by atoms with Gasteiger partial charge in [0, 0.05) is 66.3 Å². The number of ether oxygens (including phenoxy) is 2. The van der Waals surface area contributed by atoms with E-state index in [1.54, 1.807) is 48.7 Å². The molecule has 17 heteroatoms. The third kappa shape index (κ3) is 8.22. The smallest absolute Gasteiger partial charge is 0.264 e. The molecule has 5 heterocycles. The Labute approximate surface area is 315 Å². The molecule has 7 rings (SSSR count). The van der Waals surface area contributed by atoms with Crippen molar-refractivity contribution in [2.75, 3.05) is 50.2 Å². The summed E-state index contributed by atoms with van der Waals surface area (Å²) in [5.41, 5.74) is 4.43.